The SMILES string of the molecule is CCC(C)CCCCCCCCCCC(=O)O[C@H](COC(=O)CCCCCCCCCCC(C)C)COP(=O)(O)OC[C@@H](O)COP(=O)(O)OC[C@@H](COC(=O)CCCCCCCCC(C)C)OC(=O)CCCCCCCCCCC(C)CC. The van der Waals surface area contributed by atoms with Crippen LogP contribution in [-0.4, -0.2) is 96.7 Å². The Bertz CT molecular complexity index is 1680. The van der Waals surface area contributed by atoms with Crippen LogP contribution < -0.4 is 0 Å². The lowest BCUT2D eigenvalue weighted by Gasteiger charge is -2.21. The molecule has 0 radical (unpaired) electrons. The molecule has 84 heavy (non-hydrogen) atoms. The first-order valence-corrected chi connectivity index (χ1v) is 36.8. The molecule has 0 bridgehead atoms. The number of phosphoric acid groups is 2. The van der Waals surface area contributed by atoms with Crippen molar-refractivity contribution in [2.75, 3.05) is 39.6 Å². The van der Waals surface area contributed by atoms with E-state index in [4.69, 9.17) is 37.0 Å². The molecule has 19 heteroatoms. The molecule has 0 aromatic rings. The quantitative estimate of drug-likeness (QED) is 0.0222. The third-order valence-corrected chi connectivity index (χ3v) is 17.4. The van der Waals surface area contributed by atoms with Crippen LogP contribution in [0.25, 0.3) is 0 Å². The lowest BCUT2D eigenvalue weighted by Crippen LogP contribution is -2.30. The van der Waals surface area contributed by atoms with Gasteiger partial charge in [-0.15, -0.1) is 0 Å². The van der Waals surface area contributed by atoms with E-state index in [1.807, 2.05) is 0 Å². The summed E-state index contributed by atoms with van der Waals surface area (Å²) in [7, 11) is -9.89. The molecule has 498 valence electrons. The molecule has 4 unspecified atom stereocenters. The smallest absolute Gasteiger partial charge is 0.462 e. The Hall–Kier alpha value is -1.94. The highest BCUT2D eigenvalue weighted by molar-refractivity contribution is 7.47. The molecule has 0 aliphatic heterocycles. The molecular weight excluding hydrogens is 1110 g/mol. The van der Waals surface area contributed by atoms with Crippen molar-refractivity contribution < 1.29 is 80.2 Å². The highest BCUT2D eigenvalue weighted by Gasteiger charge is 2.30. The van der Waals surface area contributed by atoms with Crippen molar-refractivity contribution >= 4 is 39.5 Å². The summed E-state index contributed by atoms with van der Waals surface area (Å²) in [6, 6.07) is 0. The van der Waals surface area contributed by atoms with E-state index in [1.54, 1.807) is 0 Å². The highest BCUT2D eigenvalue weighted by atomic mass is 31.2. The normalized spacial score (nSPS) is 15.1. The molecule has 3 N–H and O–H groups in total. The summed E-state index contributed by atoms with van der Waals surface area (Å²) in [5, 5.41) is 10.5. The van der Waals surface area contributed by atoms with Crippen LogP contribution in [0.3, 0.4) is 0 Å². The van der Waals surface area contributed by atoms with Gasteiger partial charge < -0.3 is 33.8 Å². The van der Waals surface area contributed by atoms with Gasteiger partial charge in [-0.3, -0.25) is 37.3 Å². The van der Waals surface area contributed by atoms with Crippen LogP contribution in [0.5, 0.6) is 0 Å². The minimum absolute atomic E-state index is 0.103. The Balaban J connectivity index is 5.27. The van der Waals surface area contributed by atoms with Gasteiger partial charge >= 0.3 is 39.5 Å². The lowest BCUT2D eigenvalue weighted by atomic mass is 9.99. The third-order valence-electron chi connectivity index (χ3n) is 15.5. The van der Waals surface area contributed by atoms with E-state index in [9.17, 15) is 43.2 Å². The fourth-order valence-corrected chi connectivity index (χ4v) is 11.1. The van der Waals surface area contributed by atoms with Crippen LogP contribution in [0.4, 0.5) is 0 Å². The first kappa shape index (κ1) is 82.1. The molecule has 0 heterocycles. The lowest BCUT2D eigenvalue weighted by molar-refractivity contribution is -0.161. The van der Waals surface area contributed by atoms with Crippen molar-refractivity contribution in [1.82, 2.24) is 0 Å². The van der Waals surface area contributed by atoms with E-state index in [-0.39, 0.29) is 25.7 Å². The molecule has 0 spiro atoms. The number of hydrogen-bond donors (Lipinski definition) is 3. The number of aliphatic hydroxyl groups excluding tert-OH is 1. The van der Waals surface area contributed by atoms with E-state index in [2.05, 4.69) is 55.4 Å². The molecule has 0 aromatic carbocycles. The van der Waals surface area contributed by atoms with Crippen LogP contribution in [0.2, 0.25) is 0 Å². The average molecular weight is 1240 g/mol. The molecule has 0 aromatic heterocycles. The van der Waals surface area contributed by atoms with Gasteiger partial charge in [0.25, 0.3) is 0 Å². The topological polar surface area (TPSA) is 237 Å². The van der Waals surface area contributed by atoms with Crippen molar-refractivity contribution in [2.45, 2.75) is 331 Å². The molecule has 0 aliphatic carbocycles. The standard InChI is InChI=1S/C65H126O17P2/c1-9-57(7)43-35-27-18-12-15-21-31-39-47-64(69)81-60(51-75-62(67)45-37-29-20-14-11-17-25-33-41-55(3)4)53-79-83(71,72)77-49-59(66)50-78-84(73,74)80-54-61(52-76-63(68)46-38-30-24-23-26-34-42-56(5)6)82-65(70)48-40-32-22-16-13-19-28-36-44-58(8)10-2/h55-61,66H,9-54H2,1-8H3,(H,71,72)(H,73,74)/t57?,58?,59-,60-,61-/m1/s1. The molecular formula is C65H126O17P2. The number of esters is 4. The zero-order valence-corrected chi connectivity index (χ0v) is 56.3. The van der Waals surface area contributed by atoms with Crippen molar-refractivity contribution in [2.24, 2.45) is 23.7 Å². The molecule has 0 saturated heterocycles. The number of rotatable bonds is 62. The number of carbonyl (C=O) groups is 4. The van der Waals surface area contributed by atoms with Gasteiger partial charge in [-0.2, -0.15) is 0 Å². The molecule has 0 saturated carbocycles. The Labute approximate surface area is 511 Å². The van der Waals surface area contributed by atoms with Crippen molar-refractivity contribution in [3.05, 3.63) is 0 Å². The Kier molecular flexibility index (Phi) is 53.9. The summed E-state index contributed by atoms with van der Waals surface area (Å²) in [5.74, 6) is 0.804. The van der Waals surface area contributed by atoms with Gasteiger partial charge in [-0.25, -0.2) is 9.13 Å². The van der Waals surface area contributed by atoms with Crippen LogP contribution in [0, 0.1) is 23.7 Å². The Morgan fingerprint density at radius 1 is 0.333 bits per heavy atom. The number of ether oxygens (including phenoxy) is 4. The number of aliphatic hydroxyl groups is 1. The fourth-order valence-electron chi connectivity index (χ4n) is 9.54. The van der Waals surface area contributed by atoms with Crippen LogP contribution in [-0.2, 0) is 65.4 Å². The first-order chi connectivity index (χ1) is 40.2. The van der Waals surface area contributed by atoms with Gasteiger partial charge in [0.1, 0.15) is 19.3 Å². The van der Waals surface area contributed by atoms with Crippen molar-refractivity contribution in [3.8, 4) is 0 Å². The van der Waals surface area contributed by atoms with Crippen LogP contribution >= 0.6 is 15.6 Å². The van der Waals surface area contributed by atoms with Gasteiger partial charge in [-0.1, -0.05) is 261 Å². The zero-order chi connectivity index (χ0) is 62.5. The molecule has 17 nitrogen and oxygen atoms in total. The minimum atomic E-state index is -4.95. The average Bonchev–Trinajstić information content (AvgIpc) is 3.45. The fraction of sp³-hybridized carbons (Fsp3) is 0.938. The summed E-state index contributed by atoms with van der Waals surface area (Å²) in [6.07, 6.45) is 34.9. The molecule has 0 aliphatic rings. The van der Waals surface area contributed by atoms with Crippen LogP contribution in [0.1, 0.15) is 312 Å². The minimum Gasteiger partial charge on any atom is -0.462 e. The maximum atomic E-state index is 13.0. The molecule has 0 amide bonds. The largest absolute Gasteiger partial charge is 0.472 e. The predicted octanol–water partition coefficient (Wildman–Crippen LogP) is 17.8. The number of carbonyl (C=O) groups excluding carboxylic acids is 4. The highest BCUT2D eigenvalue weighted by Crippen LogP contribution is 2.45. The monoisotopic (exact) mass is 1240 g/mol. The zero-order valence-electron chi connectivity index (χ0n) is 54.5. The number of unbranched alkanes of at least 4 members (excludes halogenated alkanes) is 26. The van der Waals surface area contributed by atoms with Gasteiger partial charge in [0.2, 0.25) is 0 Å². The van der Waals surface area contributed by atoms with E-state index < -0.39 is 97.5 Å². The van der Waals surface area contributed by atoms with Gasteiger partial charge in [0.15, 0.2) is 12.2 Å². The van der Waals surface area contributed by atoms with E-state index in [0.29, 0.717) is 31.6 Å². The van der Waals surface area contributed by atoms with Gasteiger partial charge in [0, 0.05) is 25.7 Å². The molecule has 7 atom stereocenters. The van der Waals surface area contributed by atoms with Crippen molar-refractivity contribution in [3.63, 3.8) is 0 Å². The van der Waals surface area contributed by atoms with E-state index in [0.717, 1.165) is 114 Å². The van der Waals surface area contributed by atoms with Gasteiger partial charge in [0.05, 0.1) is 26.4 Å². The second-order valence-electron chi connectivity index (χ2n) is 24.9. The van der Waals surface area contributed by atoms with E-state index in [1.165, 1.54) is 109 Å². The summed E-state index contributed by atoms with van der Waals surface area (Å²) in [6.45, 7) is 14.0. The summed E-state index contributed by atoms with van der Waals surface area (Å²) >= 11 is 0. The Morgan fingerprint density at radius 3 is 0.845 bits per heavy atom. The summed E-state index contributed by atoms with van der Waals surface area (Å²) < 4.78 is 68.0. The second-order valence-corrected chi connectivity index (χ2v) is 27.8. The third kappa shape index (κ3) is 56.6. The van der Waals surface area contributed by atoms with E-state index >= 15 is 0 Å². The number of hydrogen-bond acceptors (Lipinski definition) is 15. The predicted molar refractivity (Wildman–Crippen MR) is 335 cm³/mol. The summed E-state index contributed by atoms with van der Waals surface area (Å²) in [5.41, 5.74) is 0. The summed E-state index contributed by atoms with van der Waals surface area (Å²) in [4.78, 5) is 72.3. The Morgan fingerprint density at radius 2 is 0.571 bits per heavy atom. The molecule has 0 fully saturated rings. The first-order valence-electron chi connectivity index (χ1n) is 33.8. The van der Waals surface area contributed by atoms with Crippen molar-refractivity contribution in [1.29, 1.82) is 0 Å². The maximum Gasteiger partial charge on any atom is 0.472 e. The second kappa shape index (κ2) is 55.2. The maximum absolute atomic E-state index is 13.0. The number of phosphoric ester groups is 2. The molecule has 0 rings (SSSR count). The van der Waals surface area contributed by atoms with Crippen LogP contribution in [0.15, 0.2) is 0 Å². The van der Waals surface area contributed by atoms with Gasteiger partial charge in [-0.05, 0) is 49.4 Å².